The summed E-state index contributed by atoms with van der Waals surface area (Å²) in [6.45, 7) is 3.86. The summed E-state index contributed by atoms with van der Waals surface area (Å²) < 4.78 is 0. The maximum Gasteiger partial charge on any atom is 0.115 e. The van der Waals surface area contributed by atoms with Gasteiger partial charge in [-0.1, -0.05) is 19.1 Å². The number of phenols is 1. The molecule has 0 radical (unpaired) electrons. The minimum absolute atomic E-state index is 0.275. The van der Waals surface area contributed by atoms with Crippen LogP contribution in [0.2, 0.25) is 0 Å². The molecule has 1 atom stereocenters. The Morgan fingerprint density at radius 2 is 2.00 bits per heavy atom. The lowest BCUT2D eigenvalue weighted by Crippen LogP contribution is -2.17. The van der Waals surface area contributed by atoms with Gasteiger partial charge in [-0.3, -0.25) is 0 Å². The molecule has 0 saturated heterocycles. The maximum atomic E-state index is 9.10. The van der Waals surface area contributed by atoms with Crippen LogP contribution in [0.1, 0.15) is 25.3 Å². The van der Waals surface area contributed by atoms with Crippen molar-refractivity contribution in [2.45, 2.75) is 31.7 Å². The van der Waals surface area contributed by atoms with Crippen molar-refractivity contribution in [1.29, 1.82) is 0 Å². The third-order valence-corrected chi connectivity index (χ3v) is 2.87. The standard InChI is InChI=1S/C12H18ClNO/c1-2-11(13)7-8-14-9-10-3-5-12(15)6-4-10/h3-6,11,14-15H,2,7-9H2,1H3. The van der Waals surface area contributed by atoms with Gasteiger partial charge < -0.3 is 10.4 Å². The quantitative estimate of drug-likeness (QED) is 0.579. The summed E-state index contributed by atoms with van der Waals surface area (Å²) in [4.78, 5) is 0. The van der Waals surface area contributed by atoms with Gasteiger partial charge in [0.15, 0.2) is 0 Å². The molecule has 0 fully saturated rings. The Balaban J connectivity index is 2.17. The minimum Gasteiger partial charge on any atom is -0.508 e. The lowest BCUT2D eigenvalue weighted by atomic mass is 10.2. The van der Waals surface area contributed by atoms with Crippen molar-refractivity contribution in [3.8, 4) is 5.75 Å². The Labute approximate surface area is 96.3 Å². The first-order valence-electron chi connectivity index (χ1n) is 5.35. The molecule has 0 heterocycles. The first-order chi connectivity index (χ1) is 7.22. The summed E-state index contributed by atoms with van der Waals surface area (Å²) in [5.41, 5.74) is 1.18. The van der Waals surface area contributed by atoms with Gasteiger partial charge in [-0.05, 0) is 37.1 Å². The second-order valence-electron chi connectivity index (χ2n) is 3.64. The molecule has 0 aliphatic carbocycles. The van der Waals surface area contributed by atoms with Crippen LogP contribution < -0.4 is 5.32 Å². The molecule has 0 amide bonds. The van der Waals surface area contributed by atoms with E-state index < -0.39 is 0 Å². The zero-order valence-corrected chi connectivity index (χ0v) is 9.80. The fourth-order valence-electron chi connectivity index (χ4n) is 1.31. The van der Waals surface area contributed by atoms with E-state index in [1.807, 2.05) is 12.1 Å². The molecule has 0 saturated carbocycles. The highest BCUT2D eigenvalue weighted by Gasteiger charge is 1.99. The van der Waals surface area contributed by atoms with Crippen LogP contribution in [0.25, 0.3) is 0 Å². The zero-order valence-electron chi connectivity index (χ0n) is 9.04. The first kappa shape index (κ1) is 12.3. The summed E-state index contributed by atoms with van der Waals surface area (Å²) in [6.07, 6.45) is 2.01. The van der Waals surface area contributed by atoms with Gasteiger partial charge in [0.25, 0.3) is 0 Å². The van der Waals surface area contributed by atoms with Crippen molar-refractivity contribution in [3.63, 3.8) is 0 Å². The largest absolute Gasteiger partial charge is 0.508 e. The number of nitrogens with one attached hydrogen (secondary N) is 1. The molecule has 84 valence electrons. The number of halogens is 1. The Morgan fingerprint density at radius 3 is 2.60 bits per heavy atom. The van der Waals surface area contributed by atoms with Gasteiger partial charge in [0.2, 0.25) is 0 Å². The zero-order chi connectivity index (χ0) is 11.1. The Hall–Kier alpha value is -0.730. The van der Waals surface area contributed by atoms with Crippen molar-refractivity contribution in [2.24, 2.45) is 0 Å². The molecule has 0 aliphatic rings. The van der Waals surface area contributed by atoms with E-state index in [1.54, 1.807) is 12.1 Å². The van der Waals surface area contributed by atoms with Crippen LogP contribution in [0.5, 0.6) is 5.75 Å². The van der Waals surface area contributed by atoms with E-state index in [9.17, 15) is 0 Å². The average Bonchev–Trinajstić information content (AvgIpc) is 2.26. The lowest BCUT2D eigenvalue weighted by Gasteiger charge is -2.07. The molecule has 1 aromatic carbocycles. The summed E-state index contributed by atoms with van der Waals surface area (Å²) in [5.74, 6) is 0.311. The molecule has 15 heavy (non-hydrogen) atoms. The van der Waals surface area contributed by atoms with Crippen molar-refractivity contribution < 1.29 is 5.11 Å². The van der Waals surface area contributed by atoms with E-state index in [1.165, 1.54) is 5.56 Å². The first-order valence-corrected chi connectivity index (χ1v) is 5.78. The monoisotopic (exact) mass is 227 g/mol. The molecule has 3 heteroatoms. The fraction of sp³-hybridized carbons (Fsp3) is 0.500. The Bertz CT molecular complexity index is 273. The molecule has 1 unspecified atom stereocenters. The number of hydrogen-bond donors (Lipinski definition) is 2. The van der Waals surface area contributed by atoms with Gasteiger partial charge in [-0.25, -0.2) is 0 Å². The molecular weight excluding hydrogens is 210 g/mol. The van der Waals surface area contributed by atoms with Gasteiger partial charge in [-0.2, -0.15) is 0 Å². The highest BCUT2D eigenvalue weighted by Crippen LogP contribution is 2.09. The molecule has 0 spiro atoms. The second-order valence-corrected chi connectivity index (χ2v) is 4.25. The van der Waals surface area contributed by atoms with Crippen molar-refractivity contribution in [1.82, 2.24) is 5.32 Å². The summed E-state index contributed by atoms with van der Waals surface area (Å²) >= 11 is 5.99. The van der Waals surface area contributed by atoms with Gasteiger partial charge in [0.05, 0.1) is 0 Å². The van der Waals surface area contributed by atoms with Gasteiger partial charge in [0, 0.05) is 11.9 Å². The van der Waals surface area contributed by atoms with E-state index in [0.29, 0.717) is 5.75 Å². The molecule has 1 rings (SSSR count). The topological polar surface area (TPSA) is 32.3 Å². The van der Waals surface area contributed by atoms with Gasteiger partial charge >= 0.3 is 0 Å². The van der Waals surface area contributed by atoms with E-state index in [2.05, 4.69) is 12.2 Å². The summed E-state index contributed by atoms with van der Waals surface area (Å²) in [6, 6.07) is 7.24. The summed E-state index contributed by atoms with van der Waals surface area (Å²) in [7, 11) is 0. The van der Waals surface area contributed by atoms with E-state index in [-0.39, 0.29) is 5.38 Å². The molecule has 0 bridgehead atoms. The normalized spacial score (nSPS) is 12.7. The van der Waals surface area contributed by atoms with Crippen LogP contribution in [0.3, 0.4) is 0 Å². The van der Waals surface area contributed by atoms with Gasteiger partial charge in [0.1, 0.15) is 5.75 Å². The van der Waals surface area contributed by atoms with Crippen molar-refractivity contribution in [2.75, 3.05) is 6.54 Å². The SMILES string of the molecule is CCC(Cl)CCNCc1ccc(O)cc1. The molecule has 2 nitrogen and oxygen atoms in total. The fourth-order valence-corrected chi connectivity index (χ4v) is 1.42. The number of rotatable bonds is 6. The van der Waals surface area contributed by atoms with Crippen LogP contribution in [-0.2, 0) is 6.54 Å². The number of aromatic hydroxyl groups is 1. The second kappa shape index (κ2) is 6.70. The third-order valence-electron chi connectivity index (χ3n) is 2.34. The molecule has 1 aromatic rings. The lowest BCUT2D eigenvalue weighted by molar-refractivity contribution is 0.475. The van der Waals surface area contributed by atoms with Crippen molar-refractivity contribution >= 4 is 11.6 Å². The number of benzene rings is 1. The number of hydrogen-bond acceptors (Lipinski definition) is 2. The average molecular weight is 228 g/mol. The molecule has 0 aliphatic heterocycles. The summed E-state index contributed by atoms with van der Waals surface area (Å²) in [5, 5.41) is 12.7. The Morgan fingerprint density at radius 1 is 1.33 bits per heavy atom. The Kier molecular flexibility index (Phi) is 5.51. The highest BCUT2D eigenvalue weighted by atomic mass is 35.5. The smallest absolute Gasteiger partial charge is 0.115 e. The van der Waals surface area contributed by atoms with E-state index in [4.69, 9.17) is 16.7 Å². The van der Waals surface area contributed by atoms with Crippen LogP contribution in [-0.4, -0.2) is 17.0 Å². The van der Waals surface area contributed by atoms with Crippen LogP contribution >= 0.6 is 11.6 Å². The molecule has 2 N–H and O–H groups in total. The van der Waals surface area contributed by atoms with E-state index in [0.717, 1.165) is 25.9 Å². The predicted octanol–water partition coefficient (Wildman–Crippen LogP) is 2.89. The van der Waals surface area contributed by atoms with Gasteiger partial charge in [-0.15, -0.1) is 11.6 Å². The number of alkyl halides is 1. The maximum absolute atomic E-state index is 9.10. The van der Waals surface area contributed by atoms with Crippen molar-refractivity contribution in [3.05, 3.63) is 29.8 Å². The van der Waals surface area contributed by atoms with Crippen LogP contribution in [0.4, 0.5) is 0 Å². The third kappa shape index (κ3) is 5.05. The minimum atomic E-state index is 0.275. The van der Waals surface area contributed by atoms with E-state index >= 15 is 0 Å². The molecule has 0 aromatic heterocycles. The van der Waals surface area contributed by atoms with Crippen LogP contribution in [0.15, 0.2) is 24.3 Å². The predicted molar refractivity (Wildman–Crippen MR) is 64.4 cm³/mol. The highest BCUT2D eigenvalue weighted by molar-refractivity contribution is 6.20. The molecular formula is C12H18ClNO. The number of phenolic OH excluding ortho intramolecular Hbond substituents is 1. The van der Waals surface area contributed by atoms with Crippen LogP contribution in [0, 0.1) is 0 Å².